The van der Waals surface area contributed by atoms with Crippen molar-refractivity contribution in [2.75, 3.05) is 20.6 Å². The topological polar surface area (TPSA) is 73.2 Å². The molecule has 5 nitrogen and oxygen atoms in total. The molecule has 0 fully saturated rings. The van der Waals surface area contributed by atoms with Crippen molar-refractivity contribution in [1.82, 2.24) is 9.62 Å². The molecule has 1 N–H and O–H groups in total. The van der Waals surface area contributed by atoms with Gasteiger partial charge < -0.3 is 4.90 Å². The van der Waals surface area contributed by atoms with Crippen LogP contribution < -0.4 is 4.72 Å². The highest BCUT2D eigenvalue weighted by atomic mass is 32.2. The van der Waals surface area contributed by atoms with Crippen LogP contribution in [0.3, 0.4) is 0 Å². The van der Waals surface area contributed by atoms with E-state index in [9.17, 15) is 8.42 Å². The van der Waals surface area contributed by atoms with Gasteiger partial charge in [-0.2, -0.15) is 5.26 Å². The second kappa shape index (κ2) is 6.15. The summed E-state index contributed by atoms with van der Waals surface area (Å²) in [6.07, 6.45) is 0. The summed E-state index contributed by atoms with van der Waals surface area (Å²) in [6, 6.07) is 6.54. The van der Waals surface area contributed by atoms with Gasteiger partial charge >= 0.3 is 0 Å². The van der Waals surface area contributed by atoms with Crippen molar-refractivity contribution in [1.29, 1.82) is 5.26 Å². The second-order valence-corrected chi connectivity index (χ2v) is 6.53. The smallest absolute Gasteiger partial charge is 0.242 e. The molecule has 1 atom stereocenters. The third kappa shape index (κ3) is 4.03. The van der Waals surface area contributed by atoms with Gasteiger partial charge in [0.25, 0.3) is 0 Å². The van der Waals surface area contributed by atoms with Gasteiger partial charge in [0.05, 0.1) is 5.56 Å². The van der Waals surface area contributed by atoms with Crippen LogP contribution in [0.15, 0.2) is 23.1 Å². The first-order valence-electron chi connectivity index (χ1n) is 5.94. The van der Waals surface area contributed by atoms with Crippen LogP contribution in [0.4, 0.5) is 0 Å². The van der Waals surface area contributed by atoms with Gasteiger partial charge in [-0.05, 0) is 39.6 Å². The van der Waals surface area contributed by atoms with E-state index >= 15 is 0 Å². The first kappa shape index (κ1) is 15.6. The van der Waals surface area contributed by atoms with E-state index in [-0.39, 0.29) is 16.5 Å². The summed E-state index contributed by atoms with van der Waals surface area (Å²) in [5.74, 6) is 0. The number of nitriles is 1. The Labute approximate surface area is 114 Å². The maximum atomic E-state index is 12.3. The lowest BCUT2D eigenvalue weighted by Gasteiger charge is -2.19. The standard InChI is InChI=1S/C13H19N3O2S/c1-10-6-5-7-13(12(10)8-14)19(17,18)15-11(2)9-16(3)4/h5-7,11,15H,9H2,1-4H3/t11-/m1/s1. The highest BCUT2D eigenvalue weighted by Crippen LogP contribution is 2.18. The largest absolute Gasteiger partial charge is 0.308 e. The monoisotopic (exact) mass is 281 g/mol. The average molecular weight is 281 g/mol. The molecule has 104 valence electrons. The van der Waals surface area contributed by atoms with E-state index in [1.54, 1.807) is 26.0 Å². The van der Waals surface area contributed by atoms with Crippen molar-refractivity contribution < 1.29 is 8.42 Å². The van der Waals surface area contributed by atoms with E-state index in [2.05, 4.69) is 4.72 Å². The zero-order chi connectivity index (χ0) is 14.6. The van der Waals surface area contributed by atoms with Gasteiger partial charge in [0.1, 0.15) is 11.0 Å². The Kier molecular flexibility index (Phi) is 5.06. The first-order chi connectivity index (χ1) is 8.77. The molecular formula is C13H19N3O2S. The summed E-state index contributed by atoms with van der Waals surface area (Å²) in [4.78, 5) is 1.94. The number of hydrogen-bond donors (Lipinski definition) is 1. The Bertz CT molecular complexity index is 588. The minimum atomic E-state index is -3.67. The van der Waals surface area contributed by atoms with Gasteiger partial charge in [-0.15, -0.1) is 0 Å². The van der Waals surface area contributed by atoms with E-state index < -0.39 is 10.0 Å². The lowest BCUT2D eigenvalue weighted by Crippen LogP contribution is -2.39. The Balaban J connectivity index is 3.09. The quantitative estimate of drug-likeness (QED) is 0.877. The van der Waals surface area contributed by atoms with E-state index in [4.69, 9.17) is 5.26 Å². The summed E-state index contributed by atoms with van der Waals surface area (Å²) in [5.41, 5.74) is 0.859. The maximum Gasteiger partial charge on any atom is 0.242 e. The lowest BCUT2D eigenvalue weighted by molar-refractivity contribution is 0.370. The lowest BCUT2D eigenvalue weighted by atomic mass is 10.1. The molecule has 0 heterocycles. The highest BCUT2D eigenvalue weighted by Gasteiger charge is 2.21. The van der Waals surface area contributed by atoms with Crippen molar-refractivity contribution in [2.24, 2.45) is 0 Å². The fraction of sp³-hybridized carbons (Fsp3) is 0.462. The second-order valence-electron chi connectivity index (χ2n) is 4.84. The molecule has 1 aromatic rings. The number of hydrogen-bond acceptors (Lipinski definition) is 4. The van der Waals surface area contributed by atoms with Crippen molar-refractivity contribution in [3.05, 3.63) is 29.3 Å². The predicted molar refractivity (Wildman–Crippen MR) is 74.2 cm³/mol. The average Bonchev–Trinajstić information content (AvgIpc) is 2.26. The Morgan fingerprint density at radius 3 is 2.58 bits per heavy atom. The zero-order valence-corrected chi connectivity index (χ0v) is 12.5. The number of benzene rings is 1. The number of rotatable bonds is 5. The minimum Gasteiger partial charge on any atom is -0.308 e. The zero-order valence-electron chi connectivity index (χ0n) is 11.6. The van der Waals surface area contributed by atoms with Crippen LogP contribution in [0.5, 0.6) is 0 Å². The summed E-state index contributed by atoms with van der Waals surface area (Å²) in [7, 11) is 0.0768. The molecule has 1 rings (SSSR count). The van der Waals surface area contributed by atoms with Gasteiger partial charge in [-0.25, -0.2) is 13.1 Å². The molecule has 0 spiro atoms. The number of nitrogens with zero attached hydrogens (tertiary/aromatic N) is 2. The van der Waals surface area contributed by atoms with Crippen LogP contribution >= 0.6 is 0 Å². The molecule has 0 aromatic heterocycles. The van der Waals surface area contributed by atoms with E-state index in [0.717, 1.165) is 0 Å². The van der Waals surface area contributed by atoms with Crippen LogP contribution in [-0.2, 0) is 10.0 Å². The molecular weight excluding hydrogens is 262 g/mol. The van der Waals surface area contributed by atoms with Gasteiger partial charge in [0.2, 0.25) is 10.0 Å². The molecule has 0 bridgehead atoms. The van der Waals surface area contributed by atoms with Crippen LogP contribution in [0.2, 0.25) is 0 Å². The molecule has 0 saturated carbocycles. The number of aryl methyl sites for hydroxylation is 1. The molecule has 0 aliphatic heterocycles. The molecule has 6 heteroatoms. The van der Waals surface area contributed by atoms with Crippen LogP contribution in [0, 0.1) is 18.3 Å². The molecule has 0 saturated heterocycles. The normalized spacial score (nSPS) is 13.3. The van der Waals surface area contributed by atoms with Gasteiger partial charge in [-0.1, -0.05) is 12.1 Å². The Morgan fingerprint density at radius 2 is 2.05 bits per heavy atom. The fourth-order valence-corrected chi connectivity index (χ4v) is 3.39. The fourth-order valence-electron chi connectivity index (χ4n) is 1.92. The Morgan fingerprint density at radius 1 is 1.42 bits per heavy atom. The SMILES string of the molecule is Cc1cccc(S(=O)(=O)N[C@H](C)CN(C)C)c1C#N. The summed E-state index contributed by atoms with van der Waals surface area (Å²) in [6.45, 7) is 4.10. The first-order valence-corrected chi connectivity index (χ1v) is 7.43. The third-order valence-electron chi connectivity index (χ3n) is 2.63. The molecule has 0 aliphatic carbocycles. The van der Waals surface area contributed by atoms with Crippen molar-refractivity contribution in [3.8, 4) is 6.07 Å². The van der Waals surface area contributed by atoms with Gasteiger partial charge in [0, 0.05) is 12.6 Å². The maximum absolute atomic E-state index is 12.3. The van der Waals surface area contributed by atoms with Crippen molar-refractivity contribution >= 4 is 10.0 Å². The summed E-state index contributed by atoms with van der Waals surface area (Å²) < 4.78 is 27.1. The van der Waals surface area contributed by atoms with Gasteiger partial charge in [-0.3, -0.25) is 0 Å². The molecule has 0 radical (unpaired) electrons. The Hall–Kier alpha value is -1.42. The molecule has 0 amide bonds. The molecule has 0 aliphatic rings. The van der Waals surface area contributed by atoms with Crippen LogP contribution in [0.25, 0.3) is 0 Å². The van der Waals surface area contributed by atoms with Crippen LogP contribution in [-0.4, -0.2) is 40.0 Å². The number of nitrogens with one attached hydrogen (secondary N) is 1. The number of likely N-dealkylation sites (N-methyl/N-ethyl adjacent to an activating group) is 1. The third-order valence-corrected chi connectivity index (χ3v) is 4.26. The van der Waals surface area contributed by atoms with E-state index in [1.165, 1.54) is 6.07 Å². The predicted octanol–water partition coefficient (Wildman–Crippen LogP) is 1.10. The van der Waals surface area contributed by atoms with Crippen molar-refractivity contribution in [3.63, 3.8) is 0 Å². The summed E-state index contributed by atoms with van der Waals surface area (Å²) >= 11 is 0. The molecule has 19 heavy (non-hydrogen) atoms. The molecule has 1 aromatic carbocycles. The van der Waals surface area contributed by atoms with Crippen LogP contribution in [0.1, 0.15) is 18.1 Å². The summed E-state index contributed by atoms with van der Waals surface area (Å²) in [5, 5.41) is 9.09. The van der Waals surface area contributed by atoms with Gasteiger partial charge in [0.15, 0.2) is 0 Å². The van der Waals surface area contributed by atoms with Crippen molar-refractivity contribution in [2.45, 2.75) is 24.8 Å². The van der Waals surface area contributed by atoms with E-state index in [0.29, 0.717) is 12.1 Å². The molecule has 0 unspecified atom stereocenters. The van der Waals surface area contributed by atoms with E-state index in [1.807, 2.05) is 25.1 Å². The number of sulfonamides is 1. The highest BCUT2D eigenvalue weighted by molar-refractivity contribution is 7.89. The minimum absolute atomic E-state index is 0.0422.